The molecule has 0 saturated carbocycles. The minimum Gasteiger partial charge on any atom is -0.338 e. The summed E-state index contributed by atoms with van der Waals surface area (Å²) in [4.78, 5) is 12.2. The van der Waals surface area contributed by atoms with E-state index in [9.17, 15) is 13.2 Å². The summed E-state index contributed by atoms with van der Waals surface area (Å²) in [6.07, 6.45) is 0. The van der Waals surface area contributed by atoms with Gasteiger partial charge in [-0.25, -0.2) is 8.42 Å². The van der Waals surface area contributed by atoms with Gasteiger partial charge in [-0.15, -0.1) is 0 Å². The van der Waals surface area contributed by atoms with Crippen LogP contribution < -0.4 is 5.32 Å². The van der Waals surface area contributed by atoms with E-state index in [1.165, 1.54) is 28.6 Å². The molecule has 2 rings (SSSR count). The molecule has 1 heterocycles. The van der Waals surface area contributed by atoms with Crippen molar-refractivity contribution in [2.45, 2.75) is 25.7 Å². The van der Waals surface area contributed by atoms with Gasteiger partial charge >= 0.3 is 0 Å². The number of nitrogens with one attached hydrogen (secondary N) is 1. The largest absolute Gasteiger partial charge is 0.338 e. The third-order valence-electron chi connectivity index (χ3n) is 3.32. The maximum Gasteiger partial charge on any atom is 0.258 e. The highest BCUT2D eigenvalue weighted by Gasteiger charge is 2.21. The van der Waals surface area contributed by atoms with Crippen molar-refractivity contribution in [2.24, 2.45) is 0 Å². The molecule has 8 heteroatoms. The van der Waals surface area contributed by atoms with Crippen LogP contribution in [0.4, 0.5) is 5.88 Å². The molecular formula is C15H19N3O4S. The summed E-state index contributed by atoms with van der Waals surface area (Å²) in [6, 6.07) is 7.38. The van der Waals surface area contributed by atoms with Gasteiger partial charge in [0.15, 0.2) is 0 Å². The Balaban J connectivity index is 2.17. The monoisotopic (exact) mass is 337 g/mol. The van der Waals surface area contributed by atoms with Crippen molar-refractivity contribution in [1.29, 1.82) is 0 Å². The Morgan fingerprint density at radius 1 is 1.22 bits per heavy atom. The minimum atomic E-state index is -3.53. The second-order valence-corrected chi connectivity index (χ2v) is 6.84. The van der Waals surface area contributed by atoms with Crippen molar-refractivity contribution in [3.63, 3.8) is 0 Å². The van der Waals surface area contributed by atoms with E-state index in [0.29, 0.717) is 24.3 Å². The molecule has 0 bridgehead atoms. The number of aryl methyl sites for hydroxylation is 1. The third-order valence-corrected chi connectivity index (χ3v) is 5.39. The quantitative estimate of drug-likeness (QED) is 0.873. The lowest BCUT2D eigenvalue weighted by Gasteiger charge is -2.18. The first kappa shape index (κ1) is 17.2. The van der Waals surface area contributed by atoms with Gasteiger partial charge in [0.1, 0.15) is 0 Å². The number of hydrogen-bond acceptors (Lipinski definition) is 5. The molecule has 23 heavy (non-hydrogen) atoms. The fraction of sp³-hybridized carbons (Fsp3) is 0.333. The molecule has 1 N–H and O–H groups in total. The van der Waals surface area contributed by atoms with Gasteiger partial charge in [-0.3, -0.25) is 10.1 Å². The molecule has 124 valence electrons. The highest BCUT2D eigenvalue weighted by molar-refractivity contribution is 7.89. The number of nitrogens with zero attached hydrogens (tertiary/aromatic N) is 2. The predicted molar refractivity (Wildman–Crippen MR) is 85.7 cm³/mol. The zero-order valence-electron chi connectivity index (χ0n) is 13.2. The smallest absolute Gasteiger partial charge is 0.258 e. The molecule has 0 atom stereocenters. The van der Waals surface area contributed by atoms with Crippen molar-refractivity contribution in [3.05, 3.63) is 41.6 Å². The summed E-state index contributed by atoms with van der Waals surface area (Å²) in [6.45, 7) is 6.09. The average Bonchev–Trinajstić information content (AvgIpc) is 2.93. The molecule has 0 aliphatic carbocycles. The number of hydrogen-bond donors (Lipinski definition) is 1. The highest BCUT2D eigenvalue weighted by atomic mass is 32.2. The van der Waals surface area contributed by atoms with E-state index in [1.54, 1.807) is 26.8 Å². The lowest BCUT2D eigenvalue weighted by Crippen LogP contribution is -2.30. The topological polar surface area (TPSA) is 92.5 Å². The highest BCUT2D eigenvalue weighted by Crippen LogP contribution is 2.17. The Kier molecular flexibility index (Phi) is 5.17. The van der Waals surface area contributed by atoms with Crippen LogP contribution in [0.2, 0.25) is 0 Å². The van der Waals surface area contributed by atoms with Gasteiger partial charge < -0.3 is 4.52 Å². The fourth-order valence-electron chi connectivity index (χ4n) is 2.10. The number of rotatable bonds is 6. The van der Waals surface area contributed by atoms with Gasteiger partial charge in [0.25, 0.3) is 5.91 Å². The van der Waals surface area contributed by atoms with E-state index in [2.05, 4.69) is 10.5 Å². The summed E-state index contributed by atoms with van der Waals surface area (Å²) < 4.78 is 31.0. The van der Waals surface area contributed by atoms with Crippen LogP contribution in [-0.2, 0) is 10.0 Å². The first-order valence-electron chi connectivity index (χ1n) is 7.23. The van der Waals surface area contributed by atoms with E-state index in [4.69, 9.17) is 4.52 Å². The zero-order chi connectivity index (χ0) is 17.0. The molecule has 0 aliphatic rings. The van der Waals surface area contributed by atoms with Crippen LogP contribution in [0.25, 0.3) is 0 Å². The van der Waals surface area contributed by atoms with Crippen molar-refractivity contribution < 1.29 is 17.7 Å². The average molecular weight is 337 g/mol. The van der Waals surface area contributed by atoms with E-state index < -0.39 is 15.9 Å². The standard InChI is InChI=1S/C15H19N3O4S/c1-4-18(5-2)23(20,21)13-8-6-12(7-9-13)15(19)16-14-10-11(3)17-22-14/h6-10H,4-5H2,1-3H3,(H,16,19). The van der Waals surface area contributed by atoms with Crippen LogP contribution in [-0.4, -0.2) is 36.9 Å². The van der Waals surface area contributed by atoms with Gasteiger partial charge in [-0.2, -0.15) is 4.31 Å². The normalized spacial score (nSPS) is 11.7. The van der Waals surface area contributed by atoms with E-state index >= 15 is 0 Å². The lowest BCUT2D eigenvalue weighted by molar-refractivity contribution is 0.102. The molecule has 2 aromatic rings. The molecule has 0 aliphatic heterocycles. The van der Waals surface area contributed by atoms with Crippen molar-refractivity contribution >= 4 is 21.8 Å². The maximum absolute atomic E-state index is 12.4. The Hall–Kier alpha value is -2.19. The van der Waals surface area contributed by atoms with Gasteiger partial charge in [-0.05, 0) is 31.2 Å². The second-order valence-electron chi connectivity index (χ2n) is 4.90. The molecular weight excluding hydrogens is 318 g/mol. The van der Waals surface area contributed by atoms with Crippen LogP contribution in [0.15, 0.2) is 39.8 Å². The third kappa shape index (κ3) is 3.77. The van der Waals surface area contributed by atoms with Crippen molar-refractivity contribution in [3.8, 4) is 0 Å². The molecule has 0 unspecified atom stereocenters. The summed E-state index contributed by atoms with van der Waals surface area (Å²) in [5.74, 6) is -0.153. The van der Waals surface area contributed by atoms with Crippen LogP contribution in [0, 0.1) is 6.92 Å². The first-order valence-corrected chi connectivity index (χ1v) is 8.67. The van der Waals surface area contributed by atoms with E-state index in [1.807, 2.05) is 0 Å². The molecule has 0 fully saturated rings. The van der Waals surface area contributed by atoms with Gasteiger partial charge in [0, 0.05) is 24.7 Å². The van der Waals surface area contributed by atoms with Crippen LogP contribution in [0.1, 0.15) is 29.9 Å². The van der Waals surface area contributed by atoms with Gasteiger partial charge in [-0.1, -0.05) is 19.0 Å². The number of amides is 1. The molecule has 0 saturated heterocycles. The van der Waals surface area contributed by atoms with Crippen LogP contribution >= 0.6 is 0 Å². The SMILES string of the molecule is CCN(CC)S(=O)(=O)c1ccc(C(=O)Nc2cc(C)no2)cc1. The number of sulfonamides is 1. The van der Waals surface area contributed by atoms with Gasteiger partial charge in [0.2, 0.25) is 15.9 Å². The van der Waals surface area contributed by atoms with Crippen molar-refractivity contribution in [1.82, 2.24) is 9.46 Å². The molecule has 0 radical (unpaired) electrons. The van der Waals surface area contributed by atoms with E-state index in [-0.39, 0.29) is 10.8 Å². The molecule has 0 spiro atoms. The Morgan fingerprint density at radius 2 is 1.83 bits per heavy atom. The Labute approximate surface area is 135 Å². The van der Waals surface area contributed by atoms with Gasteiger partial charge in [0.05, 0.1) is 10.6 Å². The van der Waals surface area contributed by atoms with Crippen LogP contribution in [0.3, 0.4) is 0 Å². The molecule has 1 aromatic heterocycles. The van der Waals surface area contributed by atoms with Crippen LogP contribution in [0.5, 0.6) is 0 Å². The Bertz CT molecular complexity index is 777. The number of carbonyl (C=O) groups is 1. The number of benzene rings is 1. The predicted octanol–water partition coefficient (Wildman–Crippen LogP) is 2.27. The molecule has 7 nitrogen and oxygen atoms in total. The number of aromatic nitrogens is 1. The second kappa shape index (κ2) is 6.93. The summed E-state index contributed by atoms with van der Waals surface area (Å²) in [7, 11) is -3.53. The molecule has 1 aromatic carbocycles. The number of anilines is 1. The fourth-order valence-corrected chi connectivity index (χ4v) is 3.56. The van der Waals surface area contributed by atoms with Crippen molar-refractivity contribution in [2.75, 3.05) is 18.4 Å². The number of carbonyl (C=O) groups excluding carboxylic acids is 1. The lowest BCUT2D eigenvalue weighted by atomic mass is 10.2. The first-order chi connectivity index (χ1) is 10.9. The zero-order valence-corrected chi connectivity index (χ0v) is 14.1. The van der Waals surface area contributed by atoms with E-state index in [0.717, 1.165) is 0 Å². The summed E-state index contributed by atoms with van der Waals surface area (Å²) in [5, 5.41) is 6.23. The molecule has 1 amide bonds. The minimum absolute atomic E-state index is 0.160. The maximum atomic E-state index is 12.4. The Morgan fingerprint density at radius 3 is 2.30 bits per heavy atom. The summed E-state index contributed by atoms with van der Waals surface area (Å²) in [5.41, 5.74) is 0.985. The summed E-state index contributed by atoms with van der Waals surface area (Å²) >= 11 is 0.